The summed E-state index contributed by atoms with van der Waals surface area (Å²) in [5, 5.41) is 14.2. The second-order valence-corrected chi connectivity index (χ2v) is 5.89. The van der Waals surface area contributed by atoms with Gasteiger partial charge in [0.1, 0.15) is 0 Å². The zero-order valence-corrected chi connectivity index (χ0v) is 13.7. The fourth-order valence-corrected chi connectivity index (χ4v) is 2.71. The molecule has 0 aliphatic heterocycles. The van der Waals surface area contributed by atoms with Crippen molar-refractivity contribution in [3.8, 4) is 0 Å². The van der Waals surface area contributed by atoms with Gasteiger partial charge in [0, 0.05) is 23.6 Å². The minimum absolute atomic E-state index is 0.0527. The largest absolute Gasteiger partial charge is 0.388 e. The highest BCUT2D eigenvalue weighted by Gasteiger charge is 2.22. The Bertz CT molecular complexity index is 642. The fourth-order valence-electron chi connectivity index (χ4n) is 2.71. The third-order valence-corrected chi connectivity index (χ3v) is 4.55. The Balaban J connectivity index is 2.06. The molecule has 1 amide bonds. The molecule has 4 nitrogen and oxygen atoms in total. The van der Waals surface area contributed by atoms with Crippen LogP contribution in [0.2, 0.25) is 0 Å². The number of aromatic amines is 1. The van der Waals surface area contributed by atoms with Crippen molar-refractivity contribution in [2.45, 2.75) is 52.1 Å². The minimum Gasteiger partial charge on any atom is -0.388 e. The smallest absolute Gasteiger partial charge is 0.224 e. The first-order valence-electron chi connectivity index (χ1n) is 8.10. The van der Waals surface area contributed by atoms with Crippen LogP contribution in [0.5, 0.6) is 0 Å². The number of aryl methyl sites for hydroxylation is 1. The lowest BCUT2D eigenvalue weighted by Crippen LogP contribution is -2.42. The molecule has 0 radical (unpaired) electrons. The van der Waals surface area contributed by atoms with Crippen LogP contribution in [0, 0.1) is 0 Å². The van der Waals surface area contributed by atoms with Crippen LogP contribution in [-0.2, 0) is 17.6 Å². The van der Waals surface area contributed by atoms with Gasteiger partial charge in [-0.2, -0.15) is 0 Å². The Morgan fingerprint density at radius 1 is 1.23 bits per heavy atom. The third-order valence-electron chi connectivity index (χ3n) is 4.55. The standard InChI is InChI=1S/C18H26N2O2/c1-4-13-8-7-9-15-14(11-19-17(13)15)10-16(21)20-12-18(22,5-2)6-3/h7-9,11,19,22H,4-6,10,12H2,1-3H3,(H,20,21). The quantitative estimate of drug-likeness (QED) is 0.736. The Morgan fingerprint density at radius 3 is 2.59 bits per heavy atom. The van der Waals surface area contributed by atoms with Gasteiger partial charge < -0.3 is 15.4 Å². The van der Waals surface area contributed by atoms with E-state index in [1.165, 1.54) is 5.56 Å². The number of H-pyrrole nitrogens is 1. The number of carbonyl (C=O) groups is 1. The predicted molar refractivity (Wildman–Crippen MR) is 89.9 cm³/mol. The number of fused-ring (bicyclic) bond motifs is 1. The highest BCUT2D eigenvalue weighted by atomic mass is 16.3. The number of rotatable bonds is 7. The van der Waals surface area contributed by atoms with Gasteiger partial charge in [-0.05, 0) is 30.4 Å². The summed E-state index contributed by atoms with van der Waals surface area (Å²) in [7, 11) is 0. The summed E-state index contributed by atoms with van der Waals surface area (Å²) in [5.74, 6) is -0.0527. The van der Waals surface area contributed by atoms with Crippen LogP contribution in [0.1, 0.15) is 44.7 Å². The summed E-state index contributed by atoms with van der Waals surface area (Å²) in [6.45, 7) is 6.29. The third kappa shape index (κ3) is 3.50. The zero-order chi connectivity index (χ0) is 16.2. The maximum absolute atomic E-state index is 12.2. The molecule has 0 atom stereocenters. The van der Waals surface area contributed by atoms with Crippen molar-refractivity contribution in [1.29, 1.82) is 0 Å². The van der Waals surface area contributed by atoms with E-state index in [0.29, 0.717) is 25.8 Å². The van der Waals surface area contributed by atoms with Crippen LogP contribution in [0.3, 0.4) is 0 Å². The molecule has 4 heteroatoms. The predicted octanol–water partition coefficient (Wildman–Crippen LogP) is 2.94. The second-order valence-electron chi connectivity index (χ2n) is 5.89. The first kappa shape index (κ1) is 16.6. The molecular formula is C18H26N2O2. The summed E-state index contributed by atoms with van der Waals surface area (Å²) in [5.41, 5.74) is 2.58. The van der Waals surface area contributed by atoms with E-state index in [-0.39, 0.29) is 5.91 Å². The maximum Gasteiger partial charge on any atom is 0.224 e. The molecular weight excluding hydrogens is 276 g/mol. The van der Waals surface area contributed by atoms with E-state index in [9.17, 15) is 9.90 Å². The van der Waals surface area contributed by atoms with Gasteiger partial charge in [0.25, 0.3) is 0 Å². The van der Waals surface area contributed by atoms with Gasteiger partial charge in [-0.1, -0.05) is 39.0 Å². The number of hydrogen-bond donors (Lipinski definition) is 3. The molecule has 1 aromatic heterocycles. The van der Waals surface area contributed by atoms with E-state index in [0.717, 1.165) is 22.9 Å². The van der Waals surface area contributed by atoms with Gasteiger partial charge in [-0.3, -0.25) is 4.79 Å². The van der Waals surface area contributed by atoms with E-state index >= 15 is 0 Å². The summed E-state index contributed by atoms with van der Waals surface area (Å²) < 4.78 is 0. The Kier molecular flexibility index (Phi) is 5.24. The molecule has 0 unspecified atom stereocenters. The second kappa shape index (κ2) is 6.97. The van der Waals surface area contributed by atoms with E-state index < -0.39 is 5.60 Å². The molecule has 0 saturated heterocycles. The molecule has 0 aliphatic carbocycles. The van der Waals surface area contributed by atoms with Gasteiger partial charge >= 0.3 is 0 Å². The fraction of sp³-hybridized carbons (Fsp3) is 0.500. The van der Waals surface area contributed by atoms with Gasteiger partial charge in [0.2, 0.25) is 5.91 Å². The topological polar surface area (TPSA) is 65.1 Å². The Hall–Kier alpha value is -1.81. The lowest BCUT2D eigenvalue weighted by atomic mass is 9.97. The number of carbonyl (C=O) groups excluding carboxylic acids is 1. The van der Waals surface area contributed by atoms with Crippen molar-refractivity contribution >= 4 is 16.8 Å². The summed E-state index contributed by atoms with van der Waals surface area (Å²) in [4.78, 5) is 15.4. The van der Waals surface area contributed by atoms with Gasteiger partial charge in [0.15, 0.2) is 0 Å². The van der Waals surface area contributed by atoms with Crippen molar-refractivity contribution in [2.75, 3.05) is 6.54 Å². The number of benzene rings is 1. The number of hydrogen-bond acceptors (Lipinski definition) is 2. The SMILES string of the molecule is CCc1cccc2c(CC(=O)NCC(O)(CC)CC)c[nH]c12. The molecule has 1 aromatic carbocycles. The molecule has 0 spiro atoms. The van der Waals surface area contributed by atoms with E-state index in [4.69, 9.17) is 0 Å². The average molecular weight is 302 g/mol. The Morgan fingerprint density at radius 2 is 1.95 bits per heavy atom. The zero-order valence-electron chi connectivity index (χ0n) is 13.7. The highest BCUT2D eigenvalue weighted by molar-refractivity contribution is 5.90. The first-order valence-corrected chi connectivity index (χ1v) is 8.10. The van der Waals surface area contributed by atoms with Crippen molar-refractivity contribution in [1.82, 2.24) is 10.3 Å². The highest BCUT2D eigenvalue weighted by Crippen LogP contribution is 2.22. The molecule has 0 fully saturated rings. The lowest BCUT2D eigenvalue weighted by molar-refractivity contribution is -0.121. The molecule has 120 valence electrons. The number of para-hydroxylation sites is 1. The monoisotopic (exact) mass is 302 g/mol. The van der Waals surface area contributed by atoms with Gasteiger partial charge in [-0.15, -0.1) is 0 Å². The van der Waals surface area contributed by atoms with E-state index in [2.05, 4.69) is 23.3 Å². The van der Waals surface area contributed by atoms with Crippen LogP contribution in [0.15, 0.2) is 24.4 Å². The van der Waals surface area contributed by atoms with Crippen molar-refractivity contribution in [2.24, 2.45) is 0 Å². The number of nitrogens with one attached hydrogen (secondary N) is 2. The molecule has 0 bridgehead atoms. The van der Waals surface area contributed by atoms with Crippen molar-refractivity contribution in [3.63, 3.8) is 0 Å². The number of aliphatic hydroxyl groups is 1. The van der Waals surface area contributed by atoms with Crippen LogP contribution in [-0.4, -0.2) is 28.1 Å². The first-order chi connectivity index (χ1) is 10.5. The normalized spacial score (nSPS) is 11.8. The summed E-state index contributed by atoms with van der Waals surface area (Å²) >= 11 is 0. The number of amides is 1. The summed E-state index contributed by atoms with van der Waals surface area (Å²) in [6.07, 6.45) is 4.48. The van der Waals surface area contributed by atoms with Gasteiger partial charge in [0.05, 0.1) is 12.0 Å². The number of aromatic nitrogens is 1. The molecule has 3 N–H and O–H groups in total. The van der Waals surface area contributed by atoms with E-state index in [1.54, 1.807) is 0 Å². The van der Waals surface area contributed by atoms with Crippen molar-refractivity contribution < 1.29 is 9.90 Å². The molecule has 2 aromatic rings. The van der Waals surface area contributed by atoms with Crippen LogP contribution in [0.4, 0.5) is 0 Å². The average Bonchev–Trinajstić information content (AvgIpc) is 2.95. The van der Waals surface area contributed by atoms with Crippen LogP contribution in [0.25, 0.3) is 10.9 Å². The lowest BCUT2D eigenvalue weighted by Gasteiger charge is -2.25. The molecule has 22 heavy (non-hydrogen) atoms. The van der Waals surface area contributed by atoms with Crippen LogP contribution < -0.4 is 5.32 Å². The maximum atomic E-state index is 12.2. The molecule has 0 saturated carbocycles. The molecule has 2 rings (SSSR count). The van der Waals surface area contributed by atoms with Gasteiger partial charge in [-0.25, -0.2) is 0 Å². The molecule has 1 heterocycles. The van der Waals surface area contributed by atoms with E-state index in [1.807, 2.05) is 32.2 Å². The minimum atomic E-state index is -0.800. The molecule has 0 aliphatic rings. The van der Waals surface area contributed by atoms with Crippen molar-refractivity contribution in [3.05, 3.63) is 35.5 Å². The summed E-state index contributed by atoms with van der Waals surface area (Å²) in [6, 6.07) is 6.18. The van der Waals surface area contributed by atoms with Crippen LogP contribution >= 0.6 is 0 Å². The Labute approximate surface area is 131 Å².